The maximum Gasteiger partial charge on any atom is 0.240 e. The van der Waals surface area contributed by atoms with E-state index in [1.165, 1.54) is 16.9 Å². The highest BCUT2D eigenvalue weighted by Crippen LogP contribution is 2.25. The largest absolute Gasteiger partial charge is 0.311 e. The molecule has 2 aromatic rings. The summed E-state index contributed by atoms with van der Waals surface area (Å²) in [7, 11) is 1.74. The van der Waals surface area contributed by atoms with Crippen LogP contribution in [0.3, 0.4) is 0 Å². The number of hydrogen-bond donors (Lipinski definition) is 2. The number of amides is 1. The normalized spacial score (nSPS) is 10.4. The first-order chi connectivity index (χ1) is 9.22. The van der Waals surface area contributed by atoms with Gasteiger partial charge in [-0.05, 0) is 19.0 Å². The summed E-state index contributed by atoms with van der Waals surface area (Å²) in [5, 5.41) is 8.15. The molecule has 1 heterocycles. The van der Waals surface area contributed by atoms with Crippen LogP contribution in [0.4, 0.5) is 5.13 Å². The molecule has 100 valence electrons. The molecule has 0 saturated heterocycles. The minimum absolute atomic E-state index is 0.0790. The maximum atomic E-state index is 11.4. The molecular weight excluding hydrogens is 258 g/mol. The van der Waals surface area contributed by atoms with Gasteiger partial charge in [0.1, 0.15) is 0 Å². The summed E-state index contributed by atoms with van der Waals surface area (Å²) in [5.74, 6) is -0.0790. The van der Waals surface area contributed by atoms with Crippen LogP contribution in [0.5, 0.6) is 0 Å². The van der Waals surface area contributed by atoms with Crippen LogP contribution in [0.1, 0.15) is 12.5 Å². The molecule has 0 aliphatic carbocycles. The number of nitrogens with zero attached hydrogens (tertiary/aromatic N) is 1. The minimum atomic E-state index is -0.0790. The van der Waals surface area contributed by atoms with Gasteiger partial charge in [-0.2, -0.15) is 0 Å². The fraction of sp³-hybridized carbons (Fsp3) is 0.286. The van der Waals surface area contributed by atoms with Gasteiger partial charge in [0.2, 0.25) is 5.91 Å². The molecule has 0 saturated carbocycles. The van der Waals surface area contributed by atoms with Crippen LogP contribution in [0.15, 0.2) is 29.6 Å². The van der Waals surface area contributed by atoms with E-state index in [-0.39, 0.29) is 5.91 Å². The van der Waals surface area contributed by atoms with Crippen molar-refractivity contribution >= 4 is 22.4 Å². The Morgan fingerprint density at radius 3 is 2.68 bits per heavy atom. The van der Waals surface area contributed by atoms with E-state index in [1.54, 1.807) is 7.05 Å². The number of rotatable bonds is 5. The zero-order chi connectivity index (χ0) is 13.7. The lowest BCUT2D eigenvalue weighted by atomic mass is 10.1. The quantitative estimate of drug-likeness (QED) is 0.881. The topological polar surface area (TPSA) is 54.0 Å². The Balaban J connectivity index is 2.09. The fourth-order valence-corrected chi connectivity index (χ4v) is 2.43. The van der Waals surface area contributed by atoms with Gasteiger partial charge in [0, 0.05) is 10.9 Å². The Kier molecular flexibility index (Phi) is 4.65. The third-order valence-electron chi connectivity index (χ3n) is 2.75. The first kappa shape index (κ1) is 13.7. The van der Waals surface area contributed by atoms with Crippen LogP contribution >= 0.6 is 11.3 Å². The third-order valence-corrected chi connectivity index (χ3v) is 3.50. The highest BCUT2D eigenvalue weighted by molar-refractivity contribution is 7.14. The fourth-order valence-electron chi connectivity index (χ4n) is 1.70. The average molecular weight is 275 g/mol. The number of carbonyl (C=O) groups excluding carboxylic acids is 1. The minimum Gasteiger partial charge on any atom is -0.311 e. The number of thiazole rings is 1. The molecule has 4 nitrogen and oxygen atoms in total. The summed E-state index contributed by atoms with van der Waals surface area (Å²) in [6, 6.07) is 8.34. The predicted molar refractivity (Wildman–Crippen MR) is 79.5 cm³/mol. The molecule has 1 aromatic heterocycles. The Bertz CT molecular complexity index is 548. The van der Waals surface area contributed by atoms with E-state index < -0.39 is 0 Å². The zero-order valence-electron chi connectivity index (χ0n) is 11.1. The van der Waals surface area contributed by atoms with Crippen molar-refractivity contribution < 1.29 is 4.79 Å². The van der Waals surface area contributed by atoms with Gasteiger partial charge in [0.25, 0.3) is 0 Å². The number of nitrogens with one attached hydrogen (secondary N) is 2. The number of anilines is 1. The number of likely N-dealkylation sites (N-methyl/N-ethyl adjacent to an activating group) is 1. The summed E-state index contributed by atoms with van der Waals surface area (Å²) in [6.07, 6.45) is 1.03. The molecule has 1 aromatic carbocycles. The Morgan fingerprint density at radius 1 is 1.32 bits per heavy atom. The molecule has 0 aliphatic rings. The van der Waals surface area contributed by atoms with E-state index in [0.29, 0.717) is 11.7 Å². The van der Waals surface area contributed by atoms with Crippen LogP contribution in [-0.4, -0.2) is 24.5 Å². The molecule has 2 N–H and O–H groups in total. The Hall–Kier alpha value is -1.72. The number of aryl methyl sites for hydroxylation is 1. The van der Waals surface area contributed by atoms with Crippen LogP contribution in [0, 0.1) is 0 Å². The molecule has 19 heavy (non-hydrogen) atoms. The highest BCUT2D eigenvalue weighted by atomic mass is 32.1. The van der Waals surface area contributed by atoms with E-state index >= 15 is 0 Å². The van der Waals surface area contributed by atoms with Crippen LogP contribution < -0.4 is 10.6 Å². The summed E-state index contributed by atoms with van der Waals surface area (Å²) >= 11 is 1.44. The van der Waals surface area contributed by atoms with Crippen molar-refractivity contribution in [2.24, 2.45) is 0 Å². The number of hydrogen-bond acceptors (Lipinski definition) is 4. The second kappa shape index (κ2) is 6.45. The molecule has 0 bridgehead atoms. The monoisotopic (exact) mass is 275 g/mol. The first-order valence-corrected chi connectivity index (χ1v) is 7.10. The van der Waals surface area contributed by atoms with Gasteiger partial charge in [0.05, 0.1) is 12.2 Å². The van der Waals surface area contributed by atoms with Crippen molar-refractivity contribution in [2.45, 2.75) is 13.3 Å². The van der Waals surface area contributed by atoms with Crippen molar-refractivity contribution in [2.75, 3.05) is 18.9 Å². The lowest BCUT2D eigenvalue weighted by Gasteiger charge is -2.00. The molecule has 0 aliphatic heterocycles. The van der Waals surface area contributed by atoms with E-state index in [9.17, 15) is 4.79 Å². The smallest absolute Gasteiger partial charge is 0.240 e. The summed E-state index contributed by atoms with van der Waals surface area (Å²) in [4.78, 5) is 15.9. The van der Waals surface area contributed by atoms with Gasteiger partial charge in [-0.3, -0.25) is 4.79 Å². The SMILES string of the molecule is CCc1ccc(-c2csc(NC(=O)CNC)n2)cc1. The van der Waals surface area contributed by atoms with Crippen LogP contribution in [0.25, 0.3) is 11.3 Å². The second-order valence-corrected chi connectivity index (χ2v) is 5.02. The van der Waals surface area contributed by atoms with Crippen molar-refractivity contribution in [3.63, 3.8) is 0 Å². The number of carbonyl (C=O) groups is 1. The van der Waals surface area contributed by atoms with E-state index in [4.69, 9.17) is 0 Å². The van der Waals surface area contributed by atoms with Gasteiger partial charge in [-0.15, -0.1) is 11.3 Å². The van der Waals surface area contributed by atoms with Gasteiger partial charge in [-0.1, -0.05) is 31.2 Å². The molecule has 5 heteroatoms. The summed E-state index contributed by atoms with van der Waals surface area (Å²) in [6.45, 7) is 2.42. The molecule has 0 atom stereocenters. The first-order valence-electron chi connectivity index (χ1n) is 6.22. The van der Waals surface area contributed by atoms with Gasteiger partial charge in [-0.25, -0.2) is 4.98 Å². The van der Waals surface area contributed by atoms with Crippen molar-refractivity contribution in [1.29, 1.82) is 0 Å². The zero-order valence-corrected chi connectivity index (χ0v) is 11.9. The van der Waals surface area contributed by atoms with Gasteiger partial charge in [0.15, 0.2) is 5.13 Å². The predicted octanol–water partition coefficient (Wildman–Crippen LogP) is 2.53. The van der Waals surface area contributed by atoms with Crippen molar-refractivity contribution in [1.82, 2.24) is 10.3 Å². The standard InChI is InChI=1S/C14H17N3OS/c1-3-10-4-6-11(7-5-10)12-9-19-14(16-12)17-13(18)8-15-2/h4-7,9,15H,3,8H2,1-2H3,(H,16,17,18). The Labute approximate surface area is 116 Å². The number of aromatic nitrogens is 1. The molecule has 0 unspecified atom stereocenters. The van der Waals surface area contributed by atoms with Gasteiger partial charge < -0.3 is 10.6 Å². The maximum absolute atomic E-state index is 11.4. The van der Waals surface area contributed by atoms with E-state index in [1.807, 2.05) is 5.38 Å². The number of benzene rings is 1. The summed E-state index contributed by atoms with van der Waals surface area (Å²) in [5.41, 5.74) is 3.27. The van der Waals surface area contributed by atoms with Crippen LogP contribution in [-0.2, 0) is 11.2 Å². The molecule has 0 fully saturated rings. The van der Waals surface area contributed by atoms with Crippen molar-refractivity contribution in [3.05, 3.63) is 35.2 Å². The molecule has 0 radical (unpaired) electrons. The lowest BCUT2D eigenvalue weighted by Crippen LogP contribution is -2.24. The second-order valence-electron chi connectivity index (χ2n) is 4.17. The lowest BCUT2D eigenvalue weighted by molar-refractivity contribution is -0.115. The van der Waals surface area contributed by atoms with Gasteiger partial charge >= 0.3 is 0 Å². The van der Waals surface area contributed by atoms with Crippen molar-refractivity contribution in [3.8, 4) is 11.3 Å². The van der Waals surface area contributed by atoms with Crippen LogP contribution in [0.2, 0.25) is 0 Å². The van der Waals surface area contributed by atoms with E-state index in [2.05, 4.69) is 46.8 Å². The Morgan fingerprint density at radius 2 is 2.05 bits per heavy atom. The highest BCUT2D eigenvalue weighted by Gasteiger charge is 2.07. The third kappa shape index (κ3) is 3.62. The molecule has 1 amide bonds. The van der Waals surface area contributed by atoms with E-state index in [0.717, 1.165) is 17.7 Å². The molecule has 2 rings (SSSR count). The average Bonchev–Trinajstić information content (AvgIpc) is 2.87. The molecular formula is C14H17N3OS. The molecule has 0 spiro atoms. The summed E-state index contributed by atoms with van der Waals surface area (Å²) < 4.78 is 0.